The molecule has 0 bridgehead atoms. The van der Waals surface area contributed by atoms with Crippen LogP contribution in [-0.4, -0.2) is 23.5 Å². The summed E-state index contributed by atoms with van der Waals surface area (Å²) in [7, 11) is 0. The lowest BCUT2D eigenvalue weighted by Crippen LogP contribution is -2.39. The van der Waals surface area contributed by atoms with Gasteiger partial charge in [-0.05, 0) is 40.5 Å². The molecule has 0 fully saturated rings. The van der Waals surface area contributed by atoms with E-state index in [0.29, 0.717) is 12.2 Å². The molecule has 1 unspecified atom stereocenters. The Morgan fingerprint density at radius 2 is 2.20 bits per heavy atom. The lowest BCUT2D eigenvalue weighted by atomic mass is 10.1. The third-order valence-electron chi connectivity index (χ3n) is 3.50. The van der Waals surface area contributed by atoms with Crippen LogP contribution in [0.4, 0.5) is 5.69 Å². The number of amides is 1. The molecule has 0 saturated heterocycles. The monoisotopic (exact) mass is 333 g/mol. The van der Waals surface area contributed by atoms with Crippen LogP contribution in [0.3, 0.4) is 0 Å². The Hall–Kier alpha value is -1.59. The van der Waals surface area contributed by atoms with Crippen LogP contribution in [0.5, 0.6) is 0 Å². The van der Waals surface area contributed by atoms with E-state index in [1.807, 2.05) is 29.2 Å². The van der Waals surface area contributed by atoms with Gasteiger partial charge in [0.05, 0.1) is 0 Å². The summed E-state index contributed by atoms with van der Waals surface area (Å²) in [5, 5.41) is 3.43. The molecule has 0 aliphatic carbocycles. The van der Waals surface area contributed by atoms with Crippen LogP contribution in [0.1, 0.15) is 23.0 Å². The minimum absolute atomic E-state index is 0.00120. The Bertz CT molecular complexity index is 638. The van der Waals surface area contributed by atoms with Gasteiger partial charge in [0.15, 0.2) is 0 Å². The van der Waals surface area contributed by atoms with Crippen molar-refractivity contribution >= 4 is 27.5 Å². The average Bonchev–Trinajstić information content (AvgIpc) is 2.81. The first-order valence-corrected chi connectivity index (χ1v) is 7.41. The van der Waals surface area contributed by atoms with Crippen molar-refractivity contribution in [3.05, 3.63) is 52.3 Å². The van der Waals surface area contributed by atoms with E-state index >= 15 is 0 Å². The maximum atomic E-state index is 12.7. The van der Waals surface area contributed by atoms with E-state index in [1.54, 1.807) is 6.20 Å². The highest BCUT2D eigenvalue weighted by atomic mass is 79.9. The standard InChI is InChI=1S/C15H16BrN3O/c1-10-9-19(15(20)13-6-12(16)8-18-13)14-5-3-2-4-11(14)7-17-10/h2-6,8,10,17-18H,7,9H2,1H3. The number of benzene rings is 1. The summed E-state index contributed by atoms with van der Waals surface area (Å²) >= 11 is 3.37. The number of aromatic nitrogens is 1. The van der Waals surface area contributed by atoms with Crippen LogP contribution >= 0.6 is 15.9 Å². The molecule has 1 aliphatic heterocycles. The van der Waals surface area contributed by atoms with Crippen molar-refractivity contribution in [1.29, 1.82) is 0 Å². The first kappa shape index (κ1) is 13.4. The molecule has 1 aliphatic rings. The fourth-order valence-corrected chi connectivity index (χ4v) is 2.82. The molecule has 0 radical (unpaired) electrons. The normalized spacial score (nSPS) is 18.5. The number of fused-ring (bicyclic) bond motifs is 1. The summed E-state index contributed by atoms with van der Waals surface area (Å²) in [5.41, 5.74) is 2.73. The Morgan fingerprint density at radius 3 is 2.95 bits per heavy atom. The number of hydrogen-bond donors (Lipinski definition) is 2. The predicted molar refractivity (Wildman–Crippen MR) is 82.9 cm³/mol. The van der Waals surface area contributed by atoms with Gasteiger partial charge in [0.1, 0.15) is 5.69 Å². The second kappa shape index (κ2) is 5.42. The Kier molecular flexibility index (Phi) is 3.63. The number of carbonyl (C=O) groups excluding carboxylic acids is 1. The van der Waals surface area contributed by atoms with Crippen LogP contribution < -0.4 is 10.2 Å². The van der Waals surface area contributed by atoms with Gasteiger partial charge in [-0.15, -0.1) is 0 Å². The minimum atomic E-state index is -0.00120. The molecule has 20 heavy (non-hydrogen) atoms. The quantitative estimate of drug-likeness (QED) is 0.842. The molecule has 2 aromatic rings. The summed E-state index contributed by atoms with van der Waals surface area (Å²) < 4.78 is 0.884. The van der Waals surface area contributed by atoms with Gasteiger partial charge in [-0.3, -0.25) is 4.79 Å². The smallest absolute Gasteiger partial charge is 0.274 e. The maximum absolute atomic E-state index is 12.7. The van der Waals surface area contributed by atoms with E-state index in [4.69, 9.17) is 0 Å². The number of aromatic amines is 1. The molecule has 1 amide bonds. The number of rotatable bonds is 1. The molecule has 104 valence electrons. The predicted octanol–water partition coefficient (Wildman–Crippen LogP) is 2.92. The van der Waals surface area contributed by atoms with Gasteiger partial charge in [-0.2, -0.15) is 0 Å². The van der Waals surface area contributed by atoms with Crippen LogP contribution in [-0.2, 0) is 6.54 Å². The summed E-state index contributed by atoms with van der Waals surface area (Å²) in [4.78, 5) is 17.6. The third-order valence-corrected chi connectivity index (χ3v) is 3.96. The number of nitrogens with zero attached hydrogens (tertiary/aromatic N) is 1. The van der Waals surface area contributed by atoms with Crippen LogP contribution in [0.15, 0.2) is 41.0 Å². The van der Waals surface area contributed by atoms with Crippen molar-refractivity contribution in [2.75, 3.05) is 11.4 Å². The molecule has 5 heteroatoms. The van der Waals surface area contributed by atoms with Gasteiger partial charge >= 0.3 is 0 Å². The topological polar surface area (TPSA) is 48.1 Å². The van der Waals surface area contributed by atoms with E-state index in [9.17, 15) is 4.79 Å². The van der Waals surface area contributed by atoms with Crippen molar-refractivity contribution in [2.45, 2.75) is 19.5 Å². The molecule has 2 heterocycles. The van der Waals surface area contributed by atoms with Crippen molar-refractivity contribution in [2.24, 2.45) is 0 Å². The SMILES string of the molecule is CC1CN(C(=O)c2cc(Br)c[nH]2)c2ccccc2CN1. The van der Waals surface area contributed by atoms with E-state index in [2.05, 4.69) is 39.2 Å². The van der Waals surface area contributed by atoms with Gasteiger partial charge in [-0.25, -0.2) is 0 Å². The van der Waals surface area contributed by atoms with Gasteiger partial charge in [0.25, 0.3) is 5.91 Å². The van der Waals surface area contributed by atoms with Crippen LogP contribution in [0.25, 0.3) is 0 Å². The zero-order chi connectivity index (χ0) is 14.1. The molecule has 0 saturated carbocycles. The van der Waals surface area contributed by atoms with E-state index < -0.39 is 0 Å². The number of anilines is 1. The van der Waals surface area contributed by atoms with E-state index in [1.165, 1.54) is 0 Å². The highest BCUT2D eigenvalue weighted by Crippen LogP contribution is 2.25. The van der Waals surface area contributed by atoms with Crippen LogP contribution in [0, 0.1) is 0 Å². The molecule has 1 aromatic carbocycles. The molecule has 4 nitrogen and oxygen atoms in total. The molecular weight excluding hydrogens is 318 g/mol. The van der Waals surface area contributed by atoms with E-state index in [-0.39, 0.29) is 11.9 Å². The first-order valence-electron chi connectivity index (χ1n) is 6.62. The summed E-state index contributed by atoms with van der Waals surface area (Å²) in [6.07, 6.45) is 1.78. The number of hydrogen-bond acceptors (Lipinski definition) is 2. The molecule has 0 spiro atoms. The number of halogens is 1. The van der Waals surface area contributed by atoms with Gasteiger partial charge in [0.2, 0.25) is 0 Å². The first-order chi connectivity index (χ1) is 9.65. The fraction of sp³-hybridized carbons (Fsp3) is 0.267. The zero-order valence-corrected chi connectivity index (χ0v) is 12.8. The lowest BCUT2D eigenvalue weighted by Gasteiger charge is -2.23. The fourth-order valence-electron chi connectivity index (χ4n) is 2.47. The van der Waals surface area contributed by atoms with Crippen molar-refractivity contribution in [1.82, 2.24) is 10.3 Å². The number of para-hydroxylation sites is 1. The highest BCUT2D eigenvalue weighted by molar-refractivity contribution is 9.10. The molecular formula is C15H16BrN3O. The molecule has 1 atom stereocenters. The Morgan fingerprint density at radius 1 is 1.40 bits per heavy atom. The van der Waals surface area contributed by atoms with Crippen molar-refractivity contribution in [3.8, 4) is 0 Å². The van der Waals surface area contributed by atoms with Gasteiger partial charge < -0.3 is 15.2 Å². The zero-order valence-electron chi connectivity index (χ0n) is 11.2. The summed E-state index contributed by atoms with van der Waals surface area (Å²) in [6, 6.07) is 10.1. The average molecular weight is 334 g/mol. The number of H-pyrrole nitrogens is 1. The highest BCUT2D eigenvalue weighted by Gasteiger charge is 2.25. The summed E-state index contributed by atoms with van der Waals surface area (Å²) in [5.74, 6) is -0.00120. The molecule has 3 rings (SSSR count). The molecule has 2 N–H and O–H groups in total. The maximum Gasteiger partial charge on any atom is 0.274 e. The van der Waals surface area contributed by atoms with Gasteiger partial charge in [-0.1, -0.05) is 18.2 Å². The Labute approximate surface area is 126 Å². The lowest BCUT2D eigenvalue weighted by molar-refractivity contribution is 0.0981. The van der Waals surface area contributed by atoms with E-state index in [0.717, 1.165) is 22.3 Å². The molecule has 1 aromatic heterocycles. The second-order valence-electron chi connectivity index (χ2n) is 5.06. The van der Waals surface area contributed by atoms with Crippen molar-refractivity contribution in [3.63, 3.8) is 0 Å². The Balaban J connectivity index is 2.00. The number of carbonyl (C=O) groups is 1. The third kappa shape index (κ3) is 2.51. The summed E-state index contributed by atoms with van der Waals surface area (Å²) in [6.45, 7) is 3.54. The number of nitrogens with one attached hydrogen (secondary N) is 2. The van der Waals surface area contributed by atoms with Crippen molar-refractivity contribution < 1.29 is 4.79 Å². The van der Waals surface area contributed by atoms with Crippen LogP contribution in [0.2, 0.25) is 0 Å². The second-order valence-corrected chi connectivity index (χ2v) is 5.97. The largest absolute Gasteiger partial charge is 0.356 e. The van der Waals surface area contributed by atoms with Gasteiger partial charge in [0, 0.05) is 35.5 Å². The minimum Gasteiger partial charge on any atom is -0.356 e.